The third kappa shape index (κ3) is 4.73. The second-order valence-corrected chi connectivity index (χ2v) is 9.25. The molecule has 0 aliphatic carbocycles. The summed E-state index contributed by atoms with van der Waals surface area (Å²) in [5.41, 5.74) is 4.55. The summed E-state index contributed by atoms with van der Waals surface area (Å²) in [6, 6.07) is 24.8. The van der Waals surface area contributed by atoms with Crippen molar-refractivity contribution < 1.29 is 18.1 Å². The number of rotatable bonds is 4. The summed E-state index contributed by atoms with van der Waals surface area (Å²) < 4.78 is 41.0. The molecule has 3 aromatic carbocycles. The van der Waals surface area contributed by atoms with Crippen LogP contribution >= 0.6 is 0 Å². The normalized spacial score (nSPS) is 15.2. The minimum absolute atomic E-state index is 0.164. The number of quaternary nitrogens is 1. The number of aryl methyl sites for hydroxylation is 2. The van der Waals surface area contributed by atoms with E-state index in [4.69, 9.17) is 0 Å². The molecule has 4 nitrogen and oxygen atoms in total. The Kier molecular flexibility index (Phi) is 6.19. The van der Waals surface area contributed by atoms with Gasteiger partial charge in [-0.3, -0.25) is 0 Å². The Morgan fingerprint density at radius 3 is 1.94 bits per heavy atom. The number of hydrogen-bond donors (Lipinski definition) is 1. The Morgan fingerprint density at radius 2 is 1.40 bits per heavy atom. The van der Waals surface area contributed by atoms with Crippen LogP contribution in [0.5, 0.6) is 0 Å². The van der Waals surface area contributed by atoms with Gasteiger partial charge >= 0.3 is 6.18 Å². The van der Waals surface area contributed by atoms with Crippen molar-refractivity contribution in [1.82, 2.24) is 9.97 Å². The maximum atomic E-state index is 13.7. The lowest BCUT2D eigenvalue weighted by Gasteiger charge is -2.38. The zero-order valence-electron chi connectivity index (χ0n) is 19.8. The average Bonchev–Trinajstić information content (AvgIpc) is 2.85. The van der Waals surface area contributed by atoms with E-state index in [0.29, 0.717) is 29.8 Å². The molecule has 0 amide bonds. The molecule has 0 atom stereocenters. The average molecular weight is 478 g/mol. The molecule has 1 aromatic heterocycles. The van der Waals surface area contributed by atoms with Crippen molar-refractivity contribution in [2.24, 2.45) is 0 Å². The van der Waals surface area contributed by atoms with Crippen LogP contribution in [0.1, 0.15) is 34.1 Å². The molecule has 180 valence electrons. The summed E-state index contributed by atoms with van der Waals surface area (Å²) in [5, 5.41) is 0.682. The predicted octanol–water partition coefficient (Wildman–Crippen LogP) is 4.76. The van der Waals surface area contributed by atoms with Crippen LogP contribution in [0.3, 0.4) is 0 Å². The third-order valence-electron chi connectivity index (χ3n) is 6.75. The highest BCUT2D eigenvalue weighted by molar-refractivity contribution is 5.92. The molecule has 0 unspecified atom stereocenters. The van der Waals surface area contributed by atoms with Gasteiger partial charge < -0.3 is 9.80 Å². The molecule has 0 bridgehead atoms. The van der Waals surface area contributed by atoms with Gasteiger partial charge in [-0.1, -0.05) is 66.7 Å². The minimum Gasteiger partial charge on any atom is -0.345 e. The number of anilines is 1. The summed E-state index contributed by atoms with van der Waals surface area (Å²) in [4.78, 5) is 11.3. The fourth-order valence-corrected chi connectivity index (χ4v) is 5.19. The van der Waals surface area contributed by atoms with Crippen molar-refractivity contribution in [2.75, 3.05) is 31.1 Å². The number of nitrogens with zero attached hydrogens (tertiary/aromatic N) is 3. The van der Waals surface area contributed by atoms with E-state index in [-0.39, 0.29) is 6.04 Å². The number of fused-ring (bicyclic) bond motifs is 1. The van der Waals surface area contributed by atoms with E-state index in [1.165, 1.54) is 16.0 Å². The van der Waals surface area contributed by atoms with Crippen molar-refractivity contribution in [3.8, 4) is 0 Å². The van der Waals surface area contributed by atoms with Gasteiger partial charge in [0.1, 0.15) is 11.9 Å². The van der Waals surface area contributed by atoms with Crippen molar-refractivity contribution in [3.05, 3.63) is 101 Å². The summed E-state index contributed by atoms with van der Waals surface area (Å²) >= 11 is 0. The Bertz CT molecular complexity index is 1280. The Hall–Kier alpha value is -3.45. The Morgan fingerprint density at radius 1 is 0.829 bits per heavy atom. The molecule has 5 rings (SSSR count). The van der Waals surface area contributed by atoms with Gasteiger partial charge in [-0.2, -0.15) is 13.2 Å². The lowest BCUT2D eigenvalue weighted by Crippen LogP contribution is -3.15. The molecular weight excluding hydrogens is 449 g/mol. The van der Waals surface area contributed by atoms with E-state index in [2.05, 4.69) is 58.5 Å². The summed E-state index contributed by atoms with van der Waals surface area (Å²) in [7, 11) is 0. The van der Waals surface area contributed by atoms with Crippen LogP contribution in [-0.2, 0) is 6.18 Å². The first kappa shape index (κ1) is 23.3. The van der Waals surface area contributed by atoms with Crippen molar-refractivity contribution in [2.45, 2.75) is 26.1 Å². The molecule has 2 heterocycles. The van der Waals surface area contributed by atoms with Gasteiger partial charge in [0.2, 0.25) is 5.82 Å². The molecule has 1 aliphatic rings. The van der Waals surface area contributed by atoms with E-state index in [0.717, 1.165) is 24.2 Å². The van der Waals surface area contributed by atoms with Crippen LogP contribution < -0.4 is 9.80 Å². The molecule has 1 saturated heterocycles. The number of benzene rings is 3. The summed E-state index contributed by atoms with van der Waals surface area (Å²) in [5.74, 6) is -0.697. The number of alkyl halides is 3. The van der Waals surface area contributed by atoms with Crippen LogP contribution in [0.25, 0.3) is 10.9 Å². The van der Waals surface area contributed by atoms with E-state index >= 15 is 0 Å². The van der Waals surface area contributed by atoms with Gasteiger partial charge in [0.15, 0.2) is 0 Å². The highest BCUT2D eigenvalue weighted by Crippen LogP contribution is 2.33. The summed E-state index contributed by atoms with van der Waals surface area (Å²) in [6.45, 7) is 6.54. The molecule has 1 fully saturated rings. The van der Waals surface area contributed by atoms with E-state index in [1.54, 1.807) is 6.92 Å². The van der Waals surface area contributed by atoms with Gasteiger partial charge in [-0.25, -0.2) is 9.97 Å². The fraction of sp³-hybridized carbons (Fsp3) is 0.286. The maximum Gasteiger partial charge on any atom is 0.451 e. The molecule has 4 aromatic rings. The van der Waals surface area contributed by atoms with Gasteiger partial charge in [0.25, 0.3) is 0 Å². The number of halogens is 3. The first-order valence-corrected chi connectivity index (χ1v) is 11.9. The fourth-order valence-electron chi connectivity index (χ4n) is 5.19. The van der Waals surface area contributed by atoms with Crippen molar-refractivity contribution >= 4 is 16.7 Å². The van der Waals surface area contributed by atoms with Crippen LogP contribution in [0.4, 0.5) is 19.0 Å². The van der Waals surface area contributed by atoms with Gasteiger partial charge in [-0.05, 0) is 31.0 Å². The SMILES string of the molecule is Cc1cc(C)c2nc(C(F)(F)F)nc(N3CC[NH+](C(c4ccccc4)c4ccccc4)CC3)c2c1. The minimum atomic E-state index is -4.60. The molecule has 0 spiro atoms. The monoisotopic (exact) mass is 477 g/mol. The molecule has 0 radical (unpaired) electrons. The second-order valence-electron chi connectivity index (χ2n) is 9.25. The largest absolute Gasteiger partial charge is 0.451 e. The Labute approximate surface area is 203 Å². The number of hydrogen-bond acceptors (Lipinski definition) is 3. The third-order valence-corrected chi connectivity index (χ3v) is 6.75. The molecular formula is C28H28F3N4+. The zero-order chi connectivity index (χ0) is 24.6. The van der Waals surface area contributed by atoms with Crippen molar-refractivity contribution in [1.29, 1.82) is 0 Å². The van der Waals surface area contributed by atoms with E-state index in [9.17, 15) is 13.2 Å². The molecule has 1 aliphatic heterocycles. The zero-order valence-corrected chi connectivity index (χ0v) is 19.8. The molecule has 35 heavy (non-hydrogen) atoms. The van der Waals surface area contributed by atoms with Crippen LogP contribution in [-0.4, -0.2) is 36.1 Å². The van der Waals surface area contributed by atoms with Gasteiger partial charge in [0, 0.05) is 16.5 Å². The summed E-state index contributed by atoms with van der Waals surface area (Å²) in [6.07, 6.45) is -4.60. The predicted molar refractivity (Wildman–Crippen MR) is 132 cm³/mol. The number of aromatic nitrogens is 2. The van der Waals surface area contributed by atoms with Gasteiger partial charge in [-0.15, -0.1) is 0 Å². The quantitative estimate of drug-likeness (QED) is 0.460. The highest BCUT2D eigenvalue weighted by atomic mass is 19.4. The Balaban J connectivity index is 1.49. The lowest BCUT2D eigenvalue weighted by atomic mass is 9.96. The number of piperazine rings is 1. The topological polar surface area (TPSA) is 33.5 Å². The maximum absolute atomic E-state index is 13.7. The standard InChI is InChI=1S/C28H27F3N4/c1-19-17-20(2)24-23(18-19)26(33-27(32-24)28(29,30)31)35-15-13-34(14-16-35)25(21-9-5-3-6-10-21)22-11-7-4-8-12-22/h3-12,17-18,25H,13-16H2,1-2H3/p+1. The number of nitrogens with one attached hydrogen (secondary N) is 1. The first-order chi connectivity index (χ1) is 16.8. The lowest BCUT2D eigenvalue weighted by molar-refractivity contribution is -0.926. The van der Waals surface area contributed by atoms with Gasteiger partial charge in [0.05, 0.1) is 31.7 Å². The van der Waals surface area contributed by atoms with Crippen LogP contribution in [0.15, 0.2) is 72.8 Å². The highest BCUT2D eigenvalue weighted by Gasteiger charge is 2.37. The van der Waals surface area contributed by atoms with Crippen LogP contribution in [0, 0.1) is 13.8 Å². The smallest absolute Gasteiger partial charge is 0.345 e. The van der Waals surface area contributed by atoms with E-state index < -0.39 is 12.0 Å². The first-order valence-electron chi connectivity index (χ1n) is 11.9. The molecule has 0 saturated carbocycles. The van der Waals surface area contributed by atoms with E-state index in [1.807, 2.05) is 36.1 Å². The van der Waals surface area contributed by atoms with Crippen molar-refractivity contribution in [3.63, 3.8) is 0 Å². The second kappa shape index (κ2) is 9.30. The van der Waals surface area contributed by atoms with Crippen LogP contribution in [0.2, 0.25) is 0 Å². The molecule has 7 heteroatoms. The molecule has 1 N–H and O–H groups in total.